The van der Waals surface area contributed by atoms with Gasteiger partial charge in [0.05, 0.1) is 31.5 Å². The largest absolute Gasteiger partial charge is 0.389 e. The number of carbonyl (C=O) groups is 1. The number of benzene rings is 1. The number of aryl methyl sites for hydroxylation is 2. The average Bonchev–Trinajstić information content (AvgIpc) is 3.20. The number of nitrogens with one attached hydrogen (secondary N) is 1. The van der Waals surface area contributed by atoms with Gasteiger partial charge < -0.3 is 19.6 Å². The summed E-state index contributed by atoms with van der Waals surface area (Å²) < 4.78 is 5.17. The Morgan fingerprint density at radius 2 is 1.87 bits per heavy atom. The summed E-state index contributed by atoms with van der Waals surface area (Å²) in [5, 5.41) is 17.3. The number of β-amino-alcohol motifs (C(OH)–C–C–N with tert-alkyl or cyclic N) is 1. The second-order valence-electron chi connectivity index (χ2n) is 8.78. The second-order valence-corrected chi connectivity index (χ2v) is 8.78. The van der Waals surface area contributed by atoms with Gasteiger partial charge in [0.25, 0.3) is 0 Å². The highest BCUT2D eigenvalue weighted by Gasteiger charge is 2.38. The highest BCUT2D eigenvalue weighted by Crippen LogP contribution is 2.36. The Hall–Kier alpha value is -2.38. The number of hydrogen-bond donors (Lipinski definition) is 2. The van der Waals surface area contributed by atoms with Crippen LogP contribution in [0.1, 0.15) is 46.3 Å². The Morgan fingerprint density at radius 1 is 1.13 bits per heavy atom. The van der Waals surface area contributed by atoms with Crippen molar-refractivity contribution in [2.45, 2.75) is 44.6 Å². The molecule has 0 bridgehead atoms. The van der Waals surface area contributed by atoms with Gasteiger partial charge in [-0.2, -0.15) is 5.10 Å². The third-order valence-corrected chi connectivity index (χ3v) is 6.50. The van der Waals surface area contributed by atoms with Gasteiger partial charge in [-0.15, -0.1) is 0 Å². The van der Waals surface area contributed by atoms with Gasteiger partial charge in [-0.1, -0.05) is 18.2 Å². The number of urea groups is 1. The fourth-order valence-electron chi connectivity index (χ4n) is 4.47. The summed E-state index contributed by atoms with van der Waals surface area (Å²) in [6.45, 7) is 7.13. The number of aliphatic hydroxyl groups excluding tert-OH is 1. The third kappa shape index (κ3) is 4.37. The van der Waals surface area contributed by atoms with E-state index in [9.17, 15) is 9.90 Å². The molecule has 2 saturated heterocycles. The fourth-order valence-corrected chi connectivity index (χ4v) is 4.47. The molecule has 30 heavy (non-hydrogen) atoms. The third-order valence-electron chi connectivity index (χ3n) is 6.50. The van der Waals surface area contributed by atoms with Crippen LogP contribution >= 0.6 is 0 Å². The molecule has 2 aliphatic rings. The van der Waals surface area contributed by atoms with Crippen LogP contribution in [-0.2, 0) is 11.2 Å². The Morgan fingerprint density at radius 3 is 2.57 bits per heavy atom. The molecule has 7 nitrogen and oxygen atoms in total. The van der Waals surface area contributed by atoms with E-state index in [2.05, 4.69) is 48.3 Å². The molecule has 0 aliphatic carbocycles. The molecule has 0 saturated carbocycles. The summed E-state index contributed by atoms with van der Waals surface area (Å²) in [4.78, 5) is 16.7. The lowest BCUT2D eigenvalue weighted by Gasteiger charge is -2.43. The number of hydrogen-bond acceptors (Lipinski definition) is 4. The maximum absolute atomic E-state index is 13.0. The molecule has 2 N–H and O–H groups in total. The molecular formula is C23H32N4O3. The summed E-state index contributed by atoms with van der Waals surface area (Å²) >= 11 is 0. The van der Waals surface area contributed by atoms with Crippen molar-refractivity contribution < 1.29 is 14.6 Å². The smallest absolute Gasteiger partial charge is 0.320 e. The van der Waals surface area contributed by atoms with E-state index in [1.54, 1.807) is 12.0 Å². The van der Waals surface area contributed by atoms with Gasteiger partial charge in [0, 0.05) is 44.1 Å². The predicted molar refractivity (Wildman–Crippen MR) is 115 cm³/mol. The number of methoxy groups -OCH3 is 1. The van der Waals surface area contributed by atoms with Crippen LogP contribution in [0.3, 0.4) is 0 Å². The molecular weight excluding hydrogens is 380 g/mol. The van der Waals surface area contributed by atoms with Crippen LogP contribution in [0.15, 0.2) is 24.3 Å². The van der Waals surface area contributed by atoms with Crippen molar-refractivity contribution in [3.8, 4) is 0 Å². The van der Waals surface area contributed by atoms with Crippen LogP contribution in [0.4, 0.5) is 4.79 Å². The minimum atomic E-state index is -0.389. The normalized spacial score (nSPS) is 22.3. The van der Waals surface area contributed by atoms with Gasteiger partial charge in [0.15, 0.2) is 0 Å². The van der Waals surface area contributed by atoms with Crippen LogP contribution in [0.2, 0.25) is 0 Å². The number of likely N-dealkylation sites (tertiary alicyclic amines) is 2. The first kappa shape index (κ1) is 20.9. The number of nitrogens with zero attached hydrogens (tertiary/aromatic N) is 3. The van der Waals surface area contributed by atoms with E-state index in [0.717, 1.165) is 24.2 Å². The van der Waals surface area contributed by atoms with E-state index in [4.69, 9.17) is 4.74 Å². The van der Waals surface area contributed by atoms with Crippen molar-refractivity contribution in [2.24, 2.45) is 0 Å². The number of aromatic nitrogens is 2. The van der Waals surface area contributed by atoms with Crippen molar-refractivity contribution in [1.29, 1.82) is 0 Å². The number of amides is 2. The van der Waals surface area contributed by atoms with Gasteiger partial charge in [-0.05, 0) is 43.0 Å². The molecule has 0 radical (unpaired) electrons. The number of piperidine rings is 1. The molecule has 1 aromatic carbocycles. The van der Waals surface area contributed by atoms with Crippen molar-refractivity contribution in [3.05, 3.63) is 52.3 Å². The van der Waals surface area contributed by atoms with Crippen LogP contribution in [0.5, 0.6) is 0 Å². The Bertz CT molecular complexity index is 890. The van der Waals surface area contributed by atoms with Crippen molar-refractivity contribution >= 4 is 6.03 Å². The number of carbonyl (C=O) groups excluding carboxylic acids is 1. The molecule has 1 aromatic heterocycles. The average molecular weight is 413 g/mol. The zero-order chi connectivity index (χ0) is 21.3. The second kappa shape index (κ2) is 8.78. The molecule has 2 unspecified atom stereocenters. The number of aromatic amines is 1. The van der Waals surface area contributed by atoms with Crippen molar-refractivity contribution in [3.63, 3.8) is 0 Å². The Kier molecular flexibility index (Phi) is 6.11. The van der Waals surface area contributed by atoms with Gasteiger partial charge >= 0.3 is 6.03 Å². The first-order chi connectivity index (χ1) is 14.4. The zero-order valence-corrected chi connectivity index (χ0v) is 18.1. The van der Waals surface area contributed by atoms with Crippen LogP contribution in [0.25, 0.3) is 0 Å². The van der Waals surface area contributed by atoms with Crippen LogP contribution in [-0.4, -0.2) is 77.1 Å². The van der Waals surface area contributed by atoms with Crippen LogP contribution in [0, 0.1) is 13.8 Å². The Balaban J connectivity index is 1.56. The lowest BCUT2D eigenvalue weighted by molar-refractivity contribution is 0.0116. The van der Waals surface area contributed by atoms with E-state index in [1.165, 1.54) is 16.7 Å². The predicted octanol–water partition coefficient (Wildman–Crippen LogP) is 2.59. The van der Waals surface area contributed by atoms with E-state index in [-0.39, 0.29) is 24.0 Å². The molecule has 162 valence electrons. The number of H-pyrrole nitrogens is 1. The van der Waals surface area contributed by atoms with Gasteiger partial charge in [0.1, 0.15) is 0 Å². The van der Waals surface area contributed by atoms with E-state index in [0.29, 0.717) is 32.8 Å². The number of aliphatic hydroxyl groups is 1. The molecule has 7 heteroatoms. The van der Waals surface area contributed by atoms with Crippen molar-refractivity contribution in [1.82, 2.24) is 20.0 Å². The maximum atomic E-state index is 13.0. The minimum Gasteiger partial charge on any atom is -0.389 e. The summed E-state index contributed by atoms with van der Waals surface area (Å²) in [5.74, 6) is 0.436. The van der Waals surface area contributed by atoms with Crippen molar-refractivity contribution in [2.75, 3.05) is 39.9 Å². The topological polar surface area (TPSA) is 81.7 Å². The SMILES string of the molecule is COCCc1cc(C2CC(c3ccc(C)c(C)c3)CN(C(=O)N3CC(O)C3)C2)n[nH]1. The standard InChI is InChI=1S/C23H32N4O3/c1-15-4-5-17(8-16(15)2)18-9-19(22-10-20(24-25-22)6-7-30-3)12-26(11-18)23(29)27-13-21(28)14-27/h4-5,8,10,18-19,21,28H,6-7,9,11-14H2,1-3H3,(H,24,25). The lowest BCUT2D eigenvalue weighted by atomic mass is 9.82. The first-order valence-electron chi connectivity index (χ1n) is 10.8. The minimum absolute atomic E-state index is 0.0222. The monoisotopic (exact) mass is 412 g/mol. The fraction of sp³-hybridized carbons (Fsp3) is 0.565. The molecule has 4 rings (SSSR count). The maximum Gasteiger partial charge on any atom is 0.320 e. The molecule has 2 fully saturated rings. The summed E-state index contributed by atoms with van der Waals surface area (Å²) in [5.41, 5.74) is 5.91. The first-order valence-corrected chi connectivity index (χ1v) is 10.8. The number of ether oxygens (including phenoxy) is 1. The van der Waals surface area contributed by atoms with Gasteiger partial charge in [0.2, 0.25) is 0 Å². The van der Waals surface area contributed by atoms with Gasteiger partial charge in [-0.25, -0.2) is 4.79 Å². The molecule has 2 aromatic rings. The highest BCUT2D eigenvalue weighted by molar-refractivity contribution is 5.75. The van der Waals surface area contributed by atoms with Crippen LogP contribution < -0.4 is 0 Å². The Labute approximate surface area is 178 Å². The molecule has 2 amide bonds. The van der Waals surface area contributed by atoms with E-state index >= 15 is 0 Å². The molecule has 2 atom stereocenters. The lowest BCUT2D eigenvalue weighted by Crippen LogP contribution is -2.59. The number of rotatable bonds is 5. The summed E-state index contributed by atoms with van der Waals surface area (Å²) in [6, 6.07) is 8.76. The molecule has 2 aliphatic heterocycles. The summed E-state index contributed by atoms with van der Waals surface area (Å²) in [6.07, 6.45) is 1.37. The molecule has 0 spiro atoms. The molecule has 3 heterocycles. The summed E-state index contributed by atoms with van der Waals surface area (Å²) in [7, 11) is 1.70. The zero-order valence-electron chi connectivity index (χ0n) is 18.1. The van der Waals surface area contributed by atoms with Gasteiger partial charge in [-0.3, -0.25) is 5.10 Å². The quantitative estimate of drug-likeness (QED) is 0.791. The van der Waals surface area contributed by atoms with E-state index < -0.39 is 0 Å². The van der Waals surface area contributed by atoms with E-state index in [1.807, 2.05) is 4.90 Å². The highest BCUT2D eigenvalue weighted by atomic mass is 16.5.